The van der Waals surface area contributed by atoms with Gasteiger partial charge in [-0.25, -0.2) is 9.59 Å². The molecule has 0 saturated carbocycles. The molecule has 0 bridgehead atoms. The molecule has 9 nitrogen and oxygen atoms in total. The normalized spacial score (nSPS) is 12.9. The van der Waals surface area contributed by atoms with E-state index in [4.69, 9.17) is 14.6 Å². The Morgan fingerprint density at radius 1 is 0.812 bits per heavy atom. The summed E-state index contributed by atoms with van der Waals surface area (Å²) < 4.78 is 9.94. The van der Waals surface area contributed by atoms with Crippen LogP contribution in [-0.4, -0.2) is 51.7 Å². The van der Waals surface area contributed by atoms with Crippen LogP contribution in [0.15, 0.2) is 35.2 Å². The Balaban J connectivity index is 0.000000649. The van der Waals surface area contributed by atoms with Gasteiger partial charge in [0.2, 0.25) is 5.12 Å². The first kappa shape index (κ1) is 29.2. The summed E-state index contributed by atoms with van der Waals surface area (Å²) in [6, 6.07) is 7.78. The SMILES string of the molecule is CC(NC(=O)OC(C)(C)C)C(=O)O.CC(NC(=O)OC(C)(C)C)C(=O)Sc1ccccc1. The monoisotopic (exact) mass is 470 g/mol. The van der Waals surface area contributed by atoms with E-state index >= 15 is 0 Å². The highest BCUT2D eigenvalue weighted by Crippen LogP contribution is 2.19. The second-order valence-electron chi connectivity index (χ2n) is 8.81. The van der Waals surface area contributed by atoms with Gasteiger partial charge >= 0.3 is 18.2 Å². The van der Waals surface area contributed by atoms with Crippen molar-refractivity contribution in [3.8, 4) is 0 Å². The molecule has 1 rings (SSSR count). The fraction of sp³-hybridized carbons (Fsp3) is 0.545. The van der Waals surface area contributed by atoms with Gasteiger partial charge in [-0.05, 0) is 79.3 Å². The highest BCUT2D eigenvalue weighted by molar-refractivity contribution is 8.13. The molecule has 2 atom stereocenters. The van der Waals surface area contributed by atoms with Crippen LogP contribution in [0.4, 0.5) is 9.59 Å². The first-order valence-corrected chi connectivity index (χ1v) is 10.8. The highest BCUT2D eigenvalue weighted by Gasteiger charge is 2.22. The molecule has 180 valence electrons. The van der Waals surface area contributed by atoms with Crippen molar-refractivity contribution in [2.45, 2.75) is 83.6 Å². The van der Waals surface area contributed by atoms with E-state index in [1.165, 1.54) is 6.92 Å². The third-order valence-electron chi connectivity index (χ3n) is 3.15. The van der Waals surface area contributed by atoms with Crippen LogP contribution in [0.25, 0.3) is 0 Å². The minimum absolute atomic E-state index is 0.128. The molecule has 3 N–H and O–H groups in total. The number of thioether (sulfide) groups is 1. The number of carbonyl (C=O) groups excluding carboxylic acids is 3. The second kappa shape index (κ2) is 12.9. The smallest absolute Gasteiger partial charge is 0.408 e. The van der Waals surface area contributed by atoms with Crippen LogP contribution in [0.5, 0.6) is 0 Å². The number of benzene rings is 1. The molecule has 1 aromatic rings. The third-order valence-corrected chi connectivity index (χ3v) is 4.21. The summed E-state index contributed by atoms with van der Waals surface area (Å²) in [5.41, 5.74) is -1.18. The van der Waals surface area contributed by atoms with E-state index < -0.39 is 41.4 Å². The predicted molar refractivity (Wildman–Crippen MR) is 123 cm³/mol. The highest BCUT2D eigenvalue weighted by atomic mass is 32.2. The standard InChI is InChI=1S/C14H19NO3S.C8H15NO4/c1-10(15-13(17)18-14(2,3)4)12(16)19-11-8-6-5-7-9-11;1-5(6(10)11)9-7(12)13-8(2,3)4/h5-10H,1-4H3,(H,15,17);5H,1-4H3,(H,9,12)(H,10,11). The van der Waals surface area contributed by atoms with Crippen molar-refractivity contribution in [2.24, 2.45) is 0 Å². The number of hydrogen-bond acceptors (Lipinski definition) is 7. The Morgan fingerprint density at radius 3 is 1.59 bits per heavy atom. The zero-order valence-electron chi connectivity index (χ0n) is 19.8. The maximum Gasteiger partial charge on any atom is 0.408 e. The number of carbonyl (C=O) groups is 4. The lowest BCUT2D eigenvalue weighted by atomic mass is 10.2. The predicted octanol–water partition coefficient (Wildman–Crippen LogP) is 4.20. The molecule has 0 aliphatic rings. The van der Waals surface area contributed by atoms with Crippen molar-refractivity contribution in [1.82, 2.24) is 10.6 Å². The fourth-order valence-corrected chi connectivity index (χ4v) is 2.54. The van der Waals surface area contributed by atoms with E-state index in [2.05, 4.69) is 10.6 Å². The summed E-state index contributed by atoms with van der Waals surface area (Å²) in [5.74, 6) is -1.09. The Bertz CT molecular complexity index is 771. The summed E-state index contributed by atoms with van der Waals surface area (Å²) in [4.78, 5) is 45.6. The molecule has 0 radical (unpaired) electrons. The van der Waals surface area contributed by atoms with Crippen LogP contribution in [0.1, 0.15) is 55.4 Å². The summed E-state index contributed by atoms with van der Waals surface area (Å²) in [6.07, 6.45) is -1.30. The van der Waals surface area contributed by atoms with Crippen LogP contribution >= 0.6 is 11.8 Å². The molecule has 0 aliphatic carbocycles. The minimum atomic E-state index is -1.09. The van der Waals surface area contributed by atoms with Crippen LogP contribution in [0, 0.1) is 0 Å². The summed E-state index contributed by atoms with van der Waals surface area (Å²) in [5, 5.41) is 13.0. The molecule has 2 amide bonds. The molecule has 2 unspecified atom stereocenters. The van der Waals surface area contributed by atoms with Gasteiger partial charge in [0.1, 0.15) is 17.2 Å². The van der Waals surface area contributed by atoms with Crippen molar-refractivity contribution in [2.75, 3.05) is 0 Å². The zero-order chi connectivity index (χ0) is 25.1. The summed E-state index contributed by atoms with van der Waals surface area (Å²) in [6.45, 7) is 13.5. The number of rotatable bonds is 5. The molecule has 0 spiro atoms. The molecule has 10 heteroatoms. The fourth-order valence-electron chi connectivity index (χ4n) is 1.78. The molecular formula is C22H34N2O7S. The van der Waals surface area contributed by atoms with Gasteiger partial charge in [0.15, 0.2) is 0 Å². The van der Waals surface area contributed by atoms with Crippen LogP contribution in [0.3, 0.4) is 0 Å². The molecule has 0 aromatic heterocycles. The van der Waals surface area contributed by atoms with Crippen molar-refractivity contribution in [3.63, 3.8) is 0 Å². The van der Waals surface area contributed by atoms with E-state index in [0.717, 1.165) is 16.7 Å². The van der Waals surface area contributed by atoms with Crippen LogP contribution in [-0.2, 0) is 19.1 Å². The van der Waals surface area contributed by atoms with E-state index in [9.17, 15) is 19.2 Å². The number of carboxylic acid groups (broad SMARTS) is 1. The lowest BCUT2D eigenvalue weighted by molar-refractivity contribution is -0.139. The van der Waals surface area contributed by atoms with Gasteiger partial charge in [-0.15, -0.1) is 0 Å². The Kier molecular flexibility index (Phi) is 11.8. The van der Waals surface area contributed by atoms with Gasteiger partial charge in [0.05, 0.1) is 6.04 Å². The number of nitrogens with one attached hydrogen (secondary N) is 2. The number of aliphatic carboxylic acids is 1. The van der Waals surface area contributed by atoms with Crippen molar-refractivity contribution in [1.29, 1.82) is 0 Å². The van der Waals surface area contributed by atoms with E-state index in [0.29, 0.717) is 0 Å². The Morgan fingerprint density at radius 2 is 1.22 bits per heavy atom. The van der Waals surface area contributed by atoms with E-state index in [-0.39, 0.29) is 5.12 Å². The number of ether oxygens (including phenoxy) is 2. The Labute approximate surface area is 193 Å². The number of hydrogen-bond donors (Lipinski definition) is 3. The summed E-state index contributed by atoms with van der Waals surface area (Å²) in [7, 11) is 0. The topological polar surface area (TPSA) is 131 Å². The molecule has 0 saturated heterocycles. The minimum Gasteiger partial charge on any atom is -0.480 e. The van der Waals surface area contributed by atoms with Gasteiger partial charge in [-0.2, -0.15) is 0 Å². The number of carboxylic acids is 1. The molecule has 0 fully saturated rings. The van der Waals surface area contributed by atoms with Gasteiger partial charge < -0.3 is 25.2 Å². The zero-order valence-corrected chi connectivity index (χ0v) is 20.7. The third kappa shape index (κ3) is 15.1. The van der Waals surface area contributed by atoms with Crippen LogP contribution < -0.4 is 10.6 Å². The van der Waals surface area contributed by atoms with Gasteiger partial charge in [-0.3, -0.25) is 9.59 Å². The second-order valence-corrected chi connectivity index (χ2v) is 9.89. The molecule has 32 heavy (non-hydrogen) atoms. The maximum absolute atomic E-state index is 11.9. The molecule has 0 heterocycles. The molecule has 1 aromatic carbocycles. The van der Waals surface area contributed by atoms with E-state index in [1.54, 1.807) is 48.5 Å². The van der Waals surface area contributed by atoms with Crippen molar-refractivity contribution in [3.05, 3.63) is 30.3 Å². The largest absolute Gasteiger partial charge is 0.480 e. The maximum atomic E-state index is 11.9. The van der Waals surface area contributed by atoms with Crippen molar-refractivity contribution >= 4 is 35.0 Å². The summed E-state index contributed by atoms with van der Waals surface area (Å²) >= 11 is 1.10. The average Bonchev–Trinajstić information content (AvgIpc) is 2.59. The van der Waals surface area contributed by atoms with Gasteiger partial charge in [0, 0.05) is 4.90 Å². The first-order valence-electron chi connectivity index (χ1n) is 9.98. The number of alkyl carbamates (subject to hydrolysis) is 2. The van der Waals surface area contributed by atoms with Gasteiger partial charge in [-0.1, -0.05) is 18.2 Å². The molecular weight excluding hydrogens is 436 g/mol. The first-order chi connectivity index (χ1) is 14.5. The Hall–Kier alpha value is -2.75. The quantitative estimate of drug-likeness (QED) is 0.546. The van der Waals surface area contributed by atoms with Crippen molar-refractivity contribution < 1.29 is 33.8 Å². The van der Waals surface area contributed by atoms with Gasteiger partial charge in [0.25, 0.3) is 0 Å². The lowest BCUT2D eigenvalue weighted by Crippen LogP contribution is -2.41. The molecule has 0 aliphatic heterocycles. The van der Waals surface area contributed by atoms with Crippen LogP contribution in [0.2, 0.25) is 0 Å². The number of amides is 2. The average molecular weight is 471 g/mol. The van der Waals surface area contributed by atoms with E-state index in [1.807, 2.05) is 30.3 Å². The lowest BCUT2D eigenvalue weighted by Gasteiger charge is -2.21.